The third-order valence-electron chi connectivity index (χ3n) is 6.35. The molecule has 4 rings (SSSR count). The van der Waals surface area contributed by atoms with Crippen LogP contribution >= 0.6 is 0 Å². The molecule has 0 bridgehead atoms. The molecule has 0 N–H and O–H groups in total. The van der Waals surface area contributed by atoms with E-state index < -0.39 is 17.4 Å². The lowest BCUT2D eigenvalue weighted by atomic mass is 9.86. The summed E-state index contributed by atoms with van der Waals surface area (Å²) in [7, 11) is 4.03. The van der Waals surface area contributed by atoms with Gasteiger partial charge in [0.2, 0.25) is 0 Å². The van der Waals surface area contributed by atoms with Crippen molar-refractivity contribution in [3.05, 3.63) is 59.0 Å². The number of Topliss-reactive ketones (excluding diaryl/α,β-unsaturated/α-hetero) is 1. The number of carbonyl (C=O) groups excluding carboxylic acids is 3. The monoisotopic (exact) mass is 485 g/mol. The number of hydrogen-bond acceptors (Lipinski definition) is 6. The fourth-order valence-corrected chi connectivity index (χ4v) is 4.45. The van der Waals surface area contributed by atoms with E-state index in [4.69, 9.17) is 4.74 Å². The van der Waals surface area contributed by atoms with Crippen molar-refractivity contribution in [2.24, 2.45) is 7.05 Å². The molecule has 1 aromatic heterocycles. The standard InChI is InChI=1S/C25H25F2N3O5/c1-29-21(22(31)24(33)35-3)17-12-18(20(34-2)13-19(17)28-29)23(32)30-10-8-25(27,9-11-30)14-15-4-6-16(26)7-5-15/h4-7,12-13H,8-11,14H2,1-3H3. The molecule has 0 saturated carbocycles. The summed E-state index contributed by atoms with van der Waals surface area (Å²) in [5.41, 5.74) is -0.276. The van der Waals surface area contributed by atoms with Crippen molar-refractivity contribution >= 4 is 28.6 Å². The summed E-state index contributed by atoms with van der Waals surface area (Å²) >= 11 is 0. The molecule has 1 aliphatic rings. The zero-order valence-corrected chi connectivity index (χ0v) is 19.6. The summed E-state index contributed by atoms with van der Waals surface area (Å²) < 4.78 is 39.8. The van der Waals surface area contributed by atoms with E-state index in [-0.39, 0.29) is 61.1 Å². The first-order chi connectivity index (χ1) is 16.7. The lowest BCUT2D eigenvalue weighted by molar-refractivity contribution is -0.135. The maximum absolute atomic E-state index is 15.5. The highest BCUT2D eigenvalue weighted by atomic mass is 19.1. The number of benzene rings is 2. The highest BCUT2D eigenvalue weighted by Gasteiger charge is 2.37. The summed E-state index contributed by atoms with van der Waals surface area (Å²) in [5, 5.41) is 4.55. The van der Waals surface area contributed by atoms with Gasteiger partial charge >= 0.3 is 5.97 Å². The number of methoxy groups -OCH3 is 2. The van der Waals surface area contributed by atoms with Gasteiger partial charge in [-0.1, -0.05) is 12.1 Å². The maximum atomic E-state index is 15.5. The minimum atomic E-state index is -1.51. The van der Waals surface area contributed by atoms with E-state index >= 15 is 4.39 Å². The molecule has 184 valence electrons. The Morgan fingerprint density at radius 3 is 2.34 bits per heavy atom. The van der Waals surface area contributed by atoms with E-state index in [9.17, 15) is 18.8 Å². The molecule has 0 aliphatic carbocycles. The third-order valence-corrected chi connectivity index (χ3v) is 6.35. The summed E-state index contributed by atoms with van der Waals surface area (Å²) in [4.78, 5) is 39.3. The topological polar surface area (TPSA) is 90.7 Å². The van der Waals surface area contributed by atoms with E-state index in [1.165, 1.54) is 48.0 Å². The predicted octanol–water partition coefficient (Wildman–Crippen LogP) is 3.26. The average molecular weight is 485 g/mol. The van der Waals surface area contributed by atoms with Gasteiger partial charge in [-0.25, -0.2) is 13.6 Å². The molecule has 2 aromatic carbocycles. The van der Waals surface area contributed by atoms with Gasteiger partial charge in [0.25, 0.3) is 11.7 Å². The molecule has 1 fully saturated rings. The van der Waals surface area contributed by atoms with Crippen molar-refractivity contribution in [3.63, 3.8) is 0 Å². The van der Waals surface area contributed by atoms with Crippen molar-refractivity contribution in [3.8, 4) is 5.75 Å². The van der Waals surface area contributed by atoms with Crippen LogP contribution in [0.25, 0.3) is 10.9 Å². The Labute approximate surface area is 200 Å². The molecule has 0 unspecified atom stereocenters. The van der Waals surface area contributed by atoms with Crippen LogP contribution in [0.2, 0.25) is 0 Å². The van der Waals surface area contributed by atoms with Gasteiger partial charge in [0, 0.05) is 38.0 Å². The summed E-state index contributed by atoms with van der Waals surface area (Å²) in [6, 6.07) is 8.73. The van der Waals surface area contributed by atoms with Gasteiger partial charge in [-0.3, -0.25) is 14.3 Å². The Morgan fingerprint density at radius 2 is 1.74 bits per heavy atom. The molecule has 35 heavy (non-hydrogen) atoms. The Kier molecular flexibility index (Phi) is 6.56. The van der Waals surface area contributed by atoms with Crippen LogP contribution in [0.3, 0.4) is 0 Å². The molecule has 0 atom stereocenters. The summed E-state index contributed by atoms with van der Waals surface area (Å²) in [6.07, 6.45) is 0.387. The number of rotatable bonds is 6. The van der Waals surface area contributed by atoms with Crippen LogP contribution in [0.4, 0.5) is 8.78 Å². The number of ketones is 1. The van der Waals surface area contributed by atoms with Crippen molar-refractivity contribution in [2.45, 2.75) is 24.9 Å². The number of hydrogen-bond donors (Lipinski definition) is 0. The van der Waals surface area contributed by atoms with Crippen LogP contribution in [0.1, 0.15) is 39.3 Å². The predicted molar refractivity (Wildman–Crippen MR) is 123 cm³/mol. The van der Waals surface area contributed by atoms with Gasteiger partial charge in [0.15, 0.2) is 0 Å². The van der Waals surface area contributed by atoms with Crippen molar-refractivity contribution in [1.29, 1.82) is 0 Å². The van der Waals surface area contributed by atoms with Crippen molar-refractivity contribution in [1.82, 2.24) is 14.7 Å². The molecule has 1 aliphatic heterocycles. The molecule has 0 spiro atoms. The Bertz CT molecular complexity index is 1290. The minimum absolute atomic E-state index is 0.00993. The largest absolute Gasteiger partial charge is 0.496 e. The number of halogens is 2. The van der Waals surface area contributed by atoms with Crippen molar-refractivity contribution in [2.75, 3.05) is 27.3 Å². The Balaban J connectivity index is 1.58. The molecule has 1 saturated heterocycles. The number of aryl methyl sites for hydroxylation is 1. The number of esters is 1. The quantitative estimate of drug-likeness (QED) is 0.303. The van der Waals surface area contributed by atoms with Crippen LogP contribution in [-0.2, 0) is 23.0 Å². The van der Waals surface area contributed by atoms with Gasteiger partial charge in [-0.15, -0.1) is 0 Å². The first kappa shape index (κ1) is 24.3. The van der Waals surface area contributed by atoms with E-state index in [0.717, 1.165) is 7.11 Å². The number of fused-ring (bicyclic) bond motifs is 1. The maximum Gasteiger partial charge on any atom is 0.381 e. The second-order valence-corrected chi connectivity index (χ2v) is 8.61. The second kappa shape index (κ2) is 9.44. The van der Waals surface area contributed by atoms with Gasteiger partial charge in [0.05, 0.1) is 25.3 Å². The first-order valence-corrected chi connectivity index (χ1v) is 11.1. The van der Waals surface area contributed by atoms with Crippen LogP contribution in [0, 0.1) is 5.82 Å². The first-order valence-electron chi connectivity index (χ1n) is 11.1. The van der Waals surface area contributed by atoms with E-state index in [1.54, 1.807) is 12.1 Å². The van der Waals surface area contributed by atoms with Crippen molar-refractivity contribution < 1.29 is 32.6 Å². The van der Waals surface area contributed by atoms with Crippen LogP contribution in [-0.4, -0.2) is 65.3 Å². The number of carbonyl (C=O) groups is 3. The van der Waals surface area contributed by atoms with E-state index in [0.29, 0.717) is 16.5 Å². The third kappa shape index (κ3) is 4.73. The number of nitrogens with zero attached hydrogens (tertiary/aromatic N) is 3. The average Bonchev–Trinajstić information content (AvgIpc) is 3.18. The molecule has 8 nitrogen and oxygen atoms in total. The smallest absolute Gasteiger partial charge is 0.381 e. The molecule has 10 heteroatoms. The Morgan fingerprint density at radius 1 is 1.09 bits per heavy atom. The molecular weight excluding hydrogens is 460 g/mol. The number of aromatic nitrogens is 2. The fraction of sp³-hybridized carbons (Fsp3) is 0.360. The zero-order valence-electron chi connectivity index (χ0n) is 19.6. The molecule has 2 heterocycles. The number of likely N-dealkylation sites (tertiary alicyclic amines) is 1. The lowest BCUT2D eigenvalue weighted by Gasteiger charge is -2.36. The SMILES string of the molecule is COC(=O)C(=O)c1c2cc(C(=O)N3CCC(F)(Cc4ccc(F)cc4)CC3)c(OC)cc2nn1C. The number of amides is 1. The van der Waals surface area contributed by atoms with E-state index in [1.807, 2.05) is 0 Å². The van der Waals surface area contributed by atoms with Crippen LogP contribution < -0.4 is 4.74 Å². The second-order valence-electron chi connectivity index (χ2n) is 8.61. The fourth-order valence-electron chi connectivity index (χ4n) is 4.45. The van der Waals surface area contributed by atoms with E-state index in [2.05, 4.69) is 9.84 Å². The van der Waals surface area contributed by atoms with Gasteiger partial charge in [-0.05, 0) is 36.6 Å². The molecule has 0 radical (unpaired) electrons. The summed E-state index contributed by atoms with van der Waals surface area (Å²) in [5.74, 6) is -2.44. The minimum Gasteiger partial charge on any atom is -0.496 e. The van der Waals surface area contributed by atoms with Crippen LogP contribution in [0.5, 0.6) is 5.75 Å². The van der Waals surface area contributed by atoms with Gasteiger partial charge in [-0.2, -0.15) is 5.10 Å². The lowest BCUT2D eigenvalue weighted by Crippen LogP contribution is -2.45. The van der Waals surface area contributed by atoms with Gasteiger partial charge in [0.1, 0.15) is 22.9 Å². The zero-order chi connectivity index (χ0) is 25.3. The molecule has 3 aromatic rings. The Hall–Kier alpha value is -3.82. The number of ether oxygens (including phenoxy) is 2. The highest BCUT2D eigenvalue weighted by molar-refractivity contribution is 6.42. The molecular formula is C25H25F2N3O5. The molecule has 1 amide bonds. The number of alkyl halides is 1. The highest BCUT2D eigenvalue weighted by Crippen LogP contribution is 2.33. The number of piperidine rings is 1. The summed E-state index contributed by atoms with van der Waals surface area (Å²) in [6.45, 7) is 0.359. The normalized spacial score (nSPS) is 15.2. The van der Waals surface area contributed by atoms with Gasteiger partial charge < -0.3 is 14.4 Å². The van der Waals surface area contributed by atoms with Crippen LogP contribution in [0.15, 0.2) is 36.4 Å².